The summed E-state index contributed by atoms with van der Waals surface area (Å²) < 4.78 is 51.1. The van der Waals surface area contributed by atoms with E-state index in [0.717, 1.165) is 19.4 Å². The van der Waals surface area contributed by atoms with Crippen LogP contribution in [0.2, 0.25) is 0 Å². The topological polar surface area (TPSA) is 41.1 Å². The number of hydrogen-bond acceptors (Lipinski definition) is 2. The second-order valence-electron chi connectivity index (χ2n) is 5.07. The quantitative estimate of drug-likeness (QED) is 0.820. The van der Waals surface area contributed by atoms with Crippen LogP contribution in [0.4, 0.5) is 23.2 Å². The van der Waals surface area contributed by atoms with E-state index < -0.39 is 29.2 Å². The van der Waals surface area contributed by atoms with Crippen molar-refractivity contribution in [2.75, 3.05) is 11.9 Å². The van der Waals surface area contributed by atoms with Gasteiger partial charge in [-0.05, 0) is 44.0 Å². The van der Waals surface area contributed by atoms with Crippen LogP contribution in [0.5, 0.6) is 0 Å². The van der Waals surface area contributed by atoms with E-state index in [1.54, 1.807) is 0 Å². The molecule has 1 atom stereocenters. The van der Waals surface area contributed by atoms with E-state index in [1.807, 2.05) is 0 Å². The lowest BCUT2D eigenvalue weighted by Gasteiger charge is -2.12. The van der Waals surface area contributed by atoms with Crippen molar-refractivity contribution in [3.8, 4) is 0 Å². The predicted octanol–water partition coefficient (Wildman–Crippen LogP) is 3.74. The summed E-state index contributed by atoms with van der Waals surface area (Å²) in [5.41, 5.74) is -1.43. The molecule has 22 heavy (non-hydrogen) atoms. The van der Waals surface area contributed by atoms with Gasteiger partial charge in [-0.3, -0.25) is 4.79 Å². The van der Waals surface area contributed by atoms with E-state index in [4.69, 9.17) is 0 Å². The van der Waals surface area contributed by atoms with E-state index in [1.165, 1.54) is 0 Å². The number of rotatable bonds is 4. The van der Waals surface area contributed by atoms with Crippen LogP contribution in [-0.2, 0) is 11.0 Å². The van der Waals surface area contributed by atoms with Crippen molar-refractivity contribution in [1.29, 1.82) is 0 Å². The Labute approximate surface area is 131 Å². The third kappa shape index (κ3) is 5.14. The van der Waals surface area contributed by atoms with Crippen LogP contribution in [0, 0.1) is 5.82 Å². The molecular weight excluding hydrogens is 324 g/mol. The molecule has 1 amide bonds. The van der Waals surface area contributed by atoms with E-state index in [9.17, 15) is 22.4 Å². The lowest BCUT2D eigenvalue weighted by atomic mass is 10.1. The monoisotopic (exact) mass is 340 g/mol. The average Bonchev–Trinajstić information content (AvgIpc) is 2.91. The first-order valence-corrected chi connectivity index (χ1v) is 6.76. The van der Waals surface area contributed by atoms with Crippen LogP contribution < -0.4 is 10.6 Å². The van der Waals surface area contributed by atoms with Gasteiger partial charge < -0.3 is 10.6 Å². The lowest BCUT2D eigenvalue weighted by molar-refractivity contribution is -0.137. The molecule has 1 fully saturated rings. The van der Waals surface area contributed by atoms with E-state index >= 15 is 0 Å². The molecule has 3 nitrogen and oxygen atoms in total. The highest BCUT2D eigenvalue weighted by Crippen LogP contribution is 2.31. The molecule has 0 bridgehead atoms. The van der Waals surface area contributed by atoms with Gasteiger partial charge in [0.05, 0.1) is 11.3 Å². The smallest absolute Gasteiger partial charge is 0.324 e. The molecule has 0 spiro atoms. The maximum Gasteiger partial charge on any atom is 0.416 e. The summed E-state index contributed by atoms with van der Waals surface area (Å²) in [6.45, 7) is 0.911. The van der Waals surface area contributed by atoms with Crippen molar-refractivity contribution in [2.24, 2.45) is 0 Å². The second-order valence-corrected chi connectivity index (χ2v) is 5.07. The Bertz CT molecular complexity index is 516. The molecule has 1 aliphatic rings. The molecule has 8 heteroatoms. The Morgan fingerprint density at radius 1 is 1.36 bits per heavy atom. The van der Waals surface area contributed by atoms with E-state index in [2.05, 4.69) is 10.6 Å². The standard InChI is InChI=1S/C14H16F4N2O.ClH/c15-11-5-3-9(14(16,17)18)8-12(11)20-13(21)6-4-10-2-1-7-19-10;/h3,5,8,10,19H,1-2,4,6-7H2,(H,20,21);1H. The summed E-state index contributed by atoms with van der Waals surface area (Å²) in [5, 5.41) is 5.42. The summed E-state index contributed by atoms with van der Waals surface area (Å²) in [7, 11) is 0. The van der Waals surface area contributed by atoms with Crippen molar-refractivity contribution in [1.82, 2.24) is 5.32 Å². The molecule has 0 aromatic heterocycles. The van der Waals surface area contributed by atoms with Gasteiger partial charge in [0.1, 0.15) is 5.82 Å². The number of amides is 1. The summed E-state index contributed by atoms with van der Waals surface area (Å²) in [6.07, 6.45) is -1.81. The van der Waals surface area contributed by atoms with Crippen LogP contribution in [0.15, 0.2) is 18.2 Å². The van der Waals surface area contributed by atoms with E-state index in [0.29, 0.717) is 24.6 Å². The van der Waals surface area contributed by atoms with Gasteiger partial charge in [-0.2, -0.15) is 13.2 Å². The van der Waals surface area contributed by atoms with Gasteiger partial charge in [0, 0.05) is 12.5 Å². The highest BCUT2D eigenvalue weighted by molar-refractivity contribution is 5.90. The molecule has 0 radical (unpaired) electrons. The number of halogens is 5. The lowest BCUT2D eigenvalue weighted by Crippen LogP contribution is -2.23. The molecule has 0 saturated carbocycles. The fourth-order valence-corrected chi connectivity index (χ4v) is 2.32. The largest absolute Gasteiger partial charge is 0.416 e. The Kier molecular flexibility index (Phi) is 6.62. The fraction of sp³-hybridized carbons (Fsp3) is 0.500. The summed E-state index contributed by atoms with van der Waals surface area (Å²) in [6, 6.07) is 2.22. The van der Waals surface area contributed by atoms with Crippen molar-refractivity contribution in [2.45, 2.75) is 37.9 Å². The van der Waals surface area contributed by atoms with Crippen LogP contribution >= 0.6 is 12.4 Å². The van der Waals surface area contributed by atoms with Crippen LogP contribution in [-0.4, -0.2) is 18.5 Å². The highest BCUT2D eigenvalue weighted by Gasteiger charge is 2.31. The van der Waals surface area contributed by atoms with Gasteiger partial charge in [-0.15, -0.1) is 12.4 Å². The molecule has 1 aromatic rings. The molecule has 1 unspecified atom stereocenters. The van der Waals surface area contributed by atoms with Gasteiger partial charge in [0.15, 0.2) is 0 Å². The molecular formula is C14H17ClF4N2O. The Morgan fingerprint density at radius 3 is 2.68 bits per heavy atom. The predicted molar refractivity (Wildman–Crippen MR) is 77.5 cm³/mol. The first-order valence-electron chi connectivity index (χ1n) is 6.76. The molecule has 124 valence electrons. The molecule has 1 heterocycles. The van der Waals surface area contributed by atoms with Crippen molar-refractivity contribution in [3.63, 3.8) is 0 Å². The first-order chi connectivity index (χ1) is 9.86. The number of hydrogen-bond donors (Lipinski definition) is 2. The van der Waals surface area contributed by atoms with Gasteiger partial charge >= 0.3 is 6.18 Å². The van der Waals surface area contributed by atoms with Gasteiger partial charge in [0.2, 0.25) is 5.91 Å². The van der Waals surface area contributed by atoms with Crippen LogP contribution in [0.1, 0.15) is 31.2 Å². The zero-order valence-corrected chi connectivity index (χ0v) is 12.5. The molecule has 0 aliphatic carbocycles. The van der Waals surface area contributed by atoms with Gasteiger partial charge in [-0.25, -0.2) is 4.39 Å². The third-order valence-corrected chi connectivity index (χ3v) is 3.45. The number of carbonyl (C=O) groups is 1. The van der Waals surface area contributed by atoms with Crippen molar-refractivity contribution >= 4 is 24.0 Å². The van der Waals surface area contributed by atoms with Gasteiger partial charge in [0.25, 0.3) is 0 Å². The number of carbonyl (C=O) groups excluding carboxylic acids is 1. The Hall–Kier alpha value is -1.34. The number of alkyl halides is 3. The molecule has 2 N–H and O–H groups in total. The minimum atomic E-state index is -4.57. The van der Waals surface area contributed by atoms with Gasteiger partial charge in [-0.1, -0.05) is 0 Å². The molecule has 1 aliphatic heterocycles. The van der Waals surface area contributed by atoms with Crippen LogP contribution in [0.3, 0.4) is 0 Å². The molecule has 1 aromatic carbocycles. The third-order valence-electron chi connectivity index (χ3n) is 3.45. The second kappa shape index (κ2) is 7.78. The Morgan fingerprint density at radius 2 is 2.09 bits per heavy atom. The normalized spacial score (nSPS) is 17.9. The Balaban J connectivity index is 0.00000242. The van der Waals surface area contributed by atoms with Crippen molar-refractivity contribution in [3.05, 3.63) is 29.6 Å². The number of anilines is 1. The average molecular weight is 341 g/mol. The molecule has 2 rings (SSSR count). The highest BCUT2D eigenvalue weighted by atomic mass is 35.5. The zero-order chi connectivity index (χ0) is 15.5. The number of nitrogens with one attached hydrogen (secondary N) is 2. The van der Waals surface area contributed by atoms with Crippen LogP contribution in [0.25, 0.3) is 0 Å². The number of benzene rings is 1. The minimum Gasteiger partial charge on any atom is -0.324 e. The molecule has 1 saturated heterocycles. The first kappa shape index (κ1) is 18.7. The maximum absolute atomic E-state index is 13.5. The maximum atomic E-state index is 13.5. The zero-order valence-electron chi connectivity index (χ0n) is 11.7. The SMILES string of the molecule is Cl.O=C(CCC1CCCN1)Nc1cc(C(F)(F)F)ccc1F. The van der Waals surface area contributed by atoms with E-state index in [-0.39, 0.29) is 24.9 Å². The summed E-state index contributed by atoms with van der Waals surface area (Å²) in [4.78, 5) is 11.7. The summed E-state index contributed by atoms with van der Waals surface area (Å²) >= 11 is 0. The minimum absolute atomic E-state index is 0. The van der Waals surface area contributed by atoms with Crippen molar-refractivity contribution < 1.29 is 22.4 Å². The summed E-state index contributed by atoms with van der Waals surface area (Å²) in [5.74, 6) is -1.36. The fourth-order valence-electron chi connectivity index (χ4n) is 2.32.